The molecular weight excluding hydrogens is 436 g/mol. The molecule has 5 rings (SSSR count). The minimum Gasteiger partial charge on any atom is -0.497 e. The van der Waals surface area contributed by atoms with E-state index < -0.39 is 0 Å². The lowest BCUT2D eigenvalue weighted by Crippen LogP contribution is -2.26. The topological polar surface area (TPSA) is 71.9 Å². The summed E-state index contributed by atoms with van der Waals surface area (Å²) < 4.78 is 7.26. The van der Waals surface area contributed by atoms with Crippen molar-refractivity contribution < 1.29 is 9.53 Å². The lowest BCUT2D eigenvalue weighted by molar-refractivity contribution is -0.121. The molecule has 2 N–H and O–H groups in total. The van der Waals surface area contributed by atoms with Crippen molar-refractivity contribution in [3.05, 3.63) is 103 Å². The Morgan fingerprint density at radius 3 is 2.54 bits per heavy atom. The lowest BCUT2D eigenvalue weighted by atomic mass is 10.0. The van der Waals surface area contributed by atoms with Crippen LogP contribution >= 0.6 is 0 Å². The average molecular weight is 465 g/mol. The number of amides is 1. The molecule has 2 heterocycles. The number of fused-ring (bicyclic) bond motifs is 1. The van der Waals surface area contributed by atoms with E-state index >= 15 is 0 Å². The Balaban J connectivity index is 1.29. The Hall–Kier alpha value is -4.32. The van der Waals surface area contributed by atoms with Crippen LogP contribution in [0.3, 0.4) is 0 Å². The van der Waals surface area contributed by atoms with E-state index in [1.165, 1.54) is 0 Å². The van der Waals surface area contributed by atoms with Crippen LogP contribution in [0.15, 0.2) is 91.5 Å². The maximum absolute atomic E-state index is 12.9. The fourth-order valence-corrected chi connectivity index (χ4v) is 4.45. The van der Waals surface area contributed by atoms with Gasteiger partial charge in [-0.15, -0.1) is 0 Å². The standard InChI is InChI=1S/C29H28N4O2/c1-20(21-7-11-23(12-8-21)33-18-17-30-19-33)31-28(34)16-15-26-25-5-3-4-6-27(25)32-29(26)22-9-13-24(35-2)14-10-22/h3-14,17-20,32H,15-16H2,1-2H3,(H,31,34). The van der Waals surface area contributed by atoms with Crippen molar-refractivity contribution >= 4 is 16.8 Å². The summed E-state index contributed by atoms with van der Waals surface area (Å²) in [6, 6.07) is 24.3. The molecular formula is C29H28N4O2. The number of hydrogen-bond acceptors (Lipinski definition) is 3. The molecule has 2 aromatic heterocycles. The van der Waals surface area contributed by atoms with Gasteiger partial charge in [0.15, 0.2) is 0 Å². The van der Waals surface area contributed by atoms with Gasteiger partial charge in [-0.3, -0.25) is 4.79 Å². The number of ether oxygens (including phenoxy) is 1. The van der Waals surface area contributed by atoms with E-state index in [2.05, 4.69) is 27.4 Å². The Bertz CT molecular complexity index is 1420. The molecule has 1 unspecified atom stereocenters. The molecule has 0 saturated carbocycles. The zero-order valence-electron chi connectivity index (χ0n) is 19.9. The van der Waals surface area contributed by atoms with Gasteiger partial charge in [-0.2, -0.15) is 0 Å². The third kappa shape index (κ3) is 4.82. The summed E-state index contributed by atoms with van der Waals surface area (Å²) >= 11 is 0. The van der Waals surface area contributed by atoms with Gasteiger partial charge in [-0.25, -0.2) is 4.98 Å². The second kappa shape index (κ2) is 9.89. The predicted molar refractivity (Wildman–Crippen MR) is 139 cm³/mol. The second-order valence-corrected chi connectivity index (χ2v) is 8.60. The van der Waals surface area contributed by atoms with Crippen LogP contribution in [0.5, 0.6) is 5.75 Å². The second-order valence-electron chi connectivity index (χ2n) is 8.60. The summed E-state index contributed by atoms with van der Waals surface area (Å²) in [5, 5.41) is 4.30. The molecule has 0 radical (unpaired) electrons. The van der Waals surface area contributed by atoms with Crippen molar-refractivity contribution in [2.24, 2.45) is 0 Å². The highest BCUT2D eigenvalue weighted by molar-refractivity contribution is 5.91. The van der Waals surface area contributed by atoms with Crippen LogP contribution in [-0.2, 0) is 11.2 Å². The highest BCUT2D eigenvalue weighted by Gasteiger charge is 2.16. The fraction of sp³-hybridized carbons (Fsp3) is 0.172. The average Bonchev–Trinajstić information content (AvgIpc) is 3.56. The molecule has 0 aliphatic heterocycles. The zero-order valence-corrected chi connectivity index (χ0v) is 19.9. The minimum absolute atomic E-state index is 0.0298. The van der Waals surface area contributed by atoms with Crippen molar-refractivity contribution in [2.45, 2.75) is 25.8 Å². The third-order valence-electron chi connectivity index (χ3n) is 6.37. The SMILES string of the molecule is COc1ccc(-c2[nH]c3ccccc3c2CCC(=O)NC(C)c2ccc(-n3ccnc3)cc2)cc1. The first-order valence-corrected chi connectivity index (χ1v) is 11.7. The van der Waals surface area contributed by atoms with Crippen molar-refractivity contribution in [3.63, 3.8) is 0 Å². The molecule has 176 valence electrons. The number of aromatic amines is 1. The Morgan fingerprint density at radius 2 is 1.83 bits per heavy atom. The molecule has 1 atom stereocenters. The van der Waals surface area contributed by atoms with Crippen LogP contribution in [0.4, 0.5) is 0 Å². The van der Waals surface area contributed by atoms with E-state index in [4.69, 9.17) is 4.74 Å². The van der Waals surface area contributed by atoms with Crippen molar-refractivity contribution in [1.82, 2.24) is 19.9 Å². The largest absolute Gasteiger partial charge is 0.497 e. The van der Waals surface area contributed by atoms with Gasteiger partial charge in [0.25, 0.3) is 0 Å². The summed E-state index contributed by atoms with van der Waals surface area (Å²) in [6.07, 6.45) is 6.48. The molecule has 0 fully saturated rings. The number of carbonyl (C=O) groups excluding carboxylic acids is 1. The van der Waals surface area contributed by atoms with Gasteiger partial charge < -0.3 is 19.6 Å². The van der Waals surface area contributed by atoms with Crippen molar-refractivity contribution in [1.29, 1.82) is 0 Å². The molecule has 0 spiro atoms. The number of aromatic nitrogens is 3. The van der Waals surface area contributed by atoms with Gasteiger partial charge in [0.2, 0.25) is 5.91 Å². The van der Waals surface area contributed by atoms with E-state index in [1.54, 1.807) is 19.6 Å². The van der Waals surface area contributed by atoms with E-state index in [9.17, 15) is 4.79 Å². The first kappa shape index (κ1) is 22.5. The minimum atomic E-state index is -0.0802. The van der Waals surface area contributed by atoms with Crippen LogP contribution in [0.25, 0.3) is 27.8 Å². The van der Waals surface area contributed by atoms with Crippen LogP contribution < -0.4 is 10.1 Å². The number of para-hydroxylation sites is 1. The first-order chi connectivity index (χ1) is 17.1. The van der Waals surface area contributed by atoms with Gasteiger partial charge in [0, 0.05) is 41.1 Å². The maximum Gasteiger partial charge on any atom is 0.220 e. The van der Waals surface area contributed by atoms with Crippen molar-refractivity contribution in [3.8, 4) is 22.7 Å². The summed E-state index contributed by atoms with van der Waals surface area (Å²) in [5.41, 5.74) is 6.44. The van der Waals surface area contributed by atoms with Gasteiger partial charge in [0.05, 0.1) is 19.5 Å². The smallest absolute Gasteiger partial charge is 0.220 e. The molecule has 6 nitrogen and oxygen atoms in total. The van der Waals surface area contributed by atoms with Crippen molar-refractivity contribution in [2.75, 3.05) is 7.11 Å². The Kier molecular flexibility index (Phi) is 6.35. The lowest BCUT2D eigenvalue weighted by Gasteiger charge is -2.15. The summed E-state index contributed by atoms with van der Waals surface area (Å²) in [7, 11) is 1.66. The van der Waals surface area contributed by atoms with Gasteiger partial charge in [-0.05, 0) is 72.5 Å². The van der Waals surface area contributed by atoms with Crippen LogP contribution in [0.1, 0.15) is 30.5 Å². The number of hydrogen-bond donors (Lipinski definition) is 2. The highest BCUT2D eigenvalue weighted by Crippen LogP contribution is 2.32. The van der Waals surface area contributed by atoms with E-state index in [1.807, 2.05) is 78.4 Å². The molecule has 3 aromatic carbocycles. The van der Waals surface area contributed by atoms with E-state index in [-0.39, 0.29) is 11.9 Å². The summed E-state index contributed by atoms with van der Waals surface area (Å²) in [4.78, 5) is 20.5. The van der Waals surface area contributed by atoms with Crippen LogP contribution in [0.2, 0.25) is 0 Å². The fourth-order valence-electron chi connectivity index (χ4n) is 4.45. The zero-order chi connectivity index (χ0) is 24.2. The van der Waals surface area contributed by atoms with E-state index in [0.29, 0.717) is 12.8 Å². The number of rotatable bonds is 8. The van der Waals surface area contributed by atoms with E-state index in [0.717, 1.165) is 44.7 Å². The first-order valence-electron chi connectivity index (χ1n) is 11.7. The highest BCUT2D eigenvalue weighted by atomic mass is 16.5. The van der Waals surface area contributed by atoms with Gasteiger partial charge >= 0.3 is 0 Å². The number of H-pyrrole nitrogens is 1. The molecule has 0 aliphatic rings. The summed E-state index contributed by atoms with van der Waals surface area (Å²) in [5.74, 6) is 0.847. The molecule has 0 aliphatic carbocycles. The summed E-state index contributed by atoms with van der Waals surface area (Å²) in [6.45, 7) is 2.01. The molecule has 6 heteroatoms. The number of aryl methyl sites for hydroxylation is 1. The number of methoxy groups -OCH3 is 1. The Labute approximate surface area is 204 Å². The monoisotopic (exact) mass is 464 g/mol. The number of imidazole rings is 1. The number of benzene rings is 3. The molecule has 0 saturated heterocycles. The van der Waals surface area contributed by atoms with Crippen LogP contribution in [-0.4, -0.2) is 27.6 Å². The maximum atomic E-state index is 12.9. The van der Waals surface area contributed by atoms with Crippen LogP contribution in [0, 0.1) is 0 Å². The predicted octanol–water partition coefficient (Wildman–Crippen LogP) is 5.84. The molecule has 0 bridgehead atoms. The quantitative estimate of drug-likeness (QED) is 0.303. The normalized spacial score (nSPS) is 11.9. The third-order valence-corrected chi connectivity index (χ3v) is 6.37. The molecule has 1 amide bonds. The van der Waals surface area contributed by atoms with Gasteiger partial charge in [0.1, 0.15) is 5.75 Å². The number of carbonyl (C=O) groups is 1. The van der Waals surface area contributed by atoms with Gasteiger partial charge in [-0.1, -0.05) is 30.3 Å². The number of nitrogens with one attached hydrogen (secondary N) is 2. The molecule has 35 heavy (non-hydrogen) atoms. The number of nitrogens with zero attached hydrogens (tertiary/aromatic N) is 2. The Morgan fingerprint density at radius 1 is 1.06 bits per heavy atom. The molecule has 5 aromatic rings.